The molecule has 258 valence electrons. The molecule has 2 aromatic heterocycles. The number of thiophene rings is 1. The Bertz CT molecular complexity index is 3240. The Morgan fingerprint density at radius 1 is 0.364 bits per heavy atom. The minimum absolute atomic E-state index is 0.894. The SMILES string of the molecule is c1cc(-c2ccc3c(c2)oc2ccccc23)cc(N(c2cccc(-c3cccc4sc5ccccc5c34)c2)c2ccccc2-c2ccc3ccccc3c2)c1. The largest absolute Gasteiger partial charge is 0.456 e. The summed E-state index contributed by atoms with van der Waals surface area (Å²) in [6.07, 6.45) is 0. The number of furan rings is 1. The van der Waals surface area contributed by atoms with Gasteiger partial charge in [-0.05, 0) is 105 Å². The van der Waals surface area contributed by atoms with Crippen LogP contribution in [0.3, 0.4) is 0 Å². The van der Waals surface area contributed by atoms with Gasteiger partial charge in [-0.3, -0.25) is 0 Å². The van der Waals surface area contributed by atoms with E-state index in [0.717, 1.165) is 50.1 Å². The minimum atomic E-state index is 0.894. The van der Waals surface area contributed by atoms with Crippen molar-refractivity contribution in [3.63, 3.8) is 0 Å². The van der Waals surface area contributed by atoms with Gasteiger partial charge in [0.2, 0.25) is 0 Å². The fourth-order valence-corrected chi connectivity index (χ4v) is 9.39. The molecule has 11 rings (SSSR count). The highest BCUT2D eigenvalue weighted by Gasteiger charge is 2.20. The molecule has 11 aromatic rings. The molecule has 0 fully saturated rings. The first-order valence-electron chi connectivity index (χ1n) is 18.7. The molecule has 0 bridgehead atoms. The maximum Gasteiger partial charge on any atom is 0.136 e. The van der Waals surface area contributed by atoms with Crippen LogP contribution in [0.5, 0.6) is 0 Å². The summed E-state index contributed by atoms with van der Waals surface area (Å²) in [7, 11) is 0. The van der Waals surface area contributed by atoms with E-state index in [9.17, 15) is 0 Å². The summed E-state index contributed by atoms with van der Waals surface area (Å²) in [5.41, 5.74) is 12.1. The van der Waals surface area contributed by atoms with E-state index in [1.54, 1.807) is 0 Å². The van der Waals surface area contributed by atoms with Crippen LogP contribution >= 0.6 is 11.3 Å². The van der Waals surface area contributed by atoms with Crippen molar-refractivity contribution in [2.75, 3.05) is 4.90 Å². The molecule has 3 heteroatoms. The Morgan fingerprint density at radius 2 is 0.982 bits per heavy atom. The molecular formula is C52H33NOS. The number of fused-ring (bicyclic) bond motifs is 7. The Morgan fingerprint density at radius 3 is 1.89 bits per heavy atom. The summed E-state index contributed by atoms with van der Waals surface area (Å²) in [6, 6.07) is 72.4. The second-order valence-electron chi connectivity index (χ2n) is 14.1. The van der Waals surface area contributed by atoms with Crippen molar-refractivity contribution in [2.24, 2.45) is 0 Å². The lowest BCUT2D eigenvalue weighted by molar-refractivity contribution is 0.669. The molecule has 0 amide bonds. The van der Waals surface area contributed by atoms with Gasteiger partial charge in [-0.2, -0.15) is 0 Å². The van der Waals surface area contributed by atoms with E-state index in [0.29, 0.717) is 0 Å². The Labute approximate surface area is 322 Å². The maximum atomic E-state index is 6.32. The van der Waals surface area contributed by atoms with Crippen LogP contribution in [-0.4, -0.2) is 0 Å². The second kappa shape index (κ2) is 12.9. The molecule has 2 nitrogen and oxygen atoms in total. The number of nitrogens with zero attached hydrogens (tertiary/aromatic N) is 1. The van der Waals surface area contributed by atoms with Gasteiger partial charge in [0.25, 0.3) is 0 Å². The summed E-state index contributed by atoms with van der Waals surface area (Å²) in [4.78, 5) is 2.42. The number of benzene rings is 9. The van der Waals surface area contributed by atoms with Crippen molar-refractivity contribution >= 4 is 81.3 Å². The zero-order valence-corrected chi connectivity index (χ0v) is 30.6. The molecule has 0 atom stereocenters. The van der Waals surface area contributed by atoms with Gasteiger partial charge in [0.1, 0.15) is 11.2 Å². The molecule has 0 saturated carbocycles. The zero-order chi connectivity index (χ0) is 36.3. The molecule has 0 spiro atoms. The number of anilines is 3. The lowest BCUT2D eigenvalue weighted by atomic mass is 9.97. The van der Waals surface area contributed by atoms with E-state index in [-0.39, 0.29) is 0 Å². The predicted molar refractivity (Wildman–Crippen MR) is 235 cm³/mol. The molecule has 9 aromatic carbocycles. The van der Waals surface area contributed by atoms with Gasteiger partial charge >= 0.3 is 0 Å². The lowest BCUT2D eigenvalue weighted by Gasteiger charge is -2.29. The molecule has 0 aliphatic heterocycles. The van der Waals surface area contributed by atoms with Crippen molar-refractivity contribution in [3.8, 4) is 33.4 Å². The third-order valence-corrected chi connectivity index (χ3v) is 12.0. The molecule has 0 aliphatic carbocycles. The number of para-hydroxylation sites is 2. The van der Waals surface area contributed by atoms with E-state index in [1.165, 1.54) is 53.2 Å². The van der Waals surface area contributed by atoms with Crippen LogP contribution in [0.15, 0.2) is 205 Å². The quantitative estimate of drug-likeness (QED) is 0.170. The third kappa shape index (κ3) is 5.40. The highest BCUT2D eigenvalue weighted by Crippen LogP contribution is 2.45. The van der Waals surface area contributed by atoms with Crippen LogP contribution in [0.25, 0.3) is 86.3 Å². The normalized spacial score (nSPS) is 11.6. The fraction of sp³-hybridized carbons (Fsp3) is 0. The number of hydrogen-bond acceptors (Lipinski definition) is 3. The highest BCUT2D eigenvalue weighted by atomic mass is 32.1. The first-order chi connectivity index (χ1) is 27.2. The average molecular weight is 720 g/mol. The van der Waals surface area contributed by atoms with E-state index < -0.39 is 0 Å². The van der Waals surface area contributed by atoms with Crippen LogP contribution in [0.1, 0.15) is 0 Å². The second-order valence-corrected chi connectivity index (χ2v) is 15.2. The van der Waals surface area contributed by atoms with Gasteiger partial charge in [-0.15, -0.1) is 11.3 Å². The molecule has 0 N–H and O–H groups in total. The van der Waals surface area contributed by atoms with Crippen LogP contribution in [-0.2, 0) is 0 Å². The van der Waals surface area contributed by atoms with Gasteiger partial charge in [0.15, 0.2) is 0 Å². The van der Waals surface area contributed by atoms with Crippen molar-refractivity contribution in [1.82, 2.24) is 0 Å². The average Bonchev–Trinajstić information content (AvgIpc) is 3.82. The van der Waals surface area contributed by atoms with E-state index in [1.807, 2.05) is 23.5 Å². The number of hydrogen-bond donors (Lipinski definition) is 0. The Balaban J connectivity index is 1.11. The van der Waals surface area contributed by atoms with Gasteiger partial charge in [0.05, 0.1) is 5.69 Å². The van der Waals surface area contributed by atoms with E-state index >= 15 is 0 Å². The highest BCUT2D eigenvalue weighted by molar-refractivity contribution is 7.25. The van der Waals surface area contributed by atoms with Crippen LogP contribution in [0, 0.1) is 0 Å². The Kier molecular flexibility index (Phi) is 7.39. The summed E-state index contributed by atoms with van der Waals surface area (Å²) in [5.74, 6) is 0. The summed E-state index contributed by atoms with van der Waals surface area (Å²) >= 11 is 1.86. The smallest absolute Gasteiger partial charge is 0.136 e. The minimum Gasteiger partial charge on any atom is -0.456 e. The monoisotopic (exact) mass is 719 g/mol. The van der Waals surface area contributed by atoms with Gasteiger partial charge in [-0.1, -0.05) is 133 Å². The Hall–Kier alpha value is -6.94. The van der Waals surface area contributed by atoms with Crippen LogP contribution in [0.4, 0.5) is 17.1 Å². The van der Waals surface area contributed by atoms with E-state index in [4.69, 9.17) is 4.42 Å². The van der Waals surface area contributed by atoms with Crippen molar-refractivity contribution < 1.29 is 4.42 Å². The summed E-state index contributed by atoms with van der Waals surface area (Å²) < 4.78 is 8.94. The first kappa shape index (κ1) is 31.6. The predicted octanol–water partition coefficient (Wildman–Crippen LogP) is 15.6. The number of rotatable bonds is 6. The first-order valence-corrected chi connectivity index (χ1v) is 19.5. The molecule has 55 heavy (non-hydrogen) atoms. The van der Waals surface area contributed by atoms with Crippen molar-refractivity contribution in [3.05, 3.63) is 200 Å². The zero-order valence-electron chi connectivity index (χ0n) is 29.8. The molecular weight excluding hydrogens is 687 g/mol. The van der Waals surface area contributed by atoms with E-state index in [2.05, 4.69) is 193 Å². The fourth-order valence-electron chi connectivity index (χ4n) is 8.25. The van der Waals surface area contributed by atoms with Gasteiger partial charge in [-0.25, -0.2) is 0 Å². The van der Waals surface area contributed by atoms with Crippen molar-refractivity contribution in [2.45, 2.75) is 0 Å². The van der Waals surface area contributed by atoms with Crippen LogP contribution in [0.2, 0.25) is 0 Å². The van der Waals surface area contributed by atoms with Crippen molar-refractivity contribution in [1.29, 1.82) is 0 Å². The van der Waals surface area contributed by atoms with Gasteiger partial charge in [0, 0.05) is 47.9 Å². The van der Waals surface area contributed by atoms with Gasteiger partial charge < -0.3 is 9.32 Å². The topological polar surface area (TPSA) is 16.4 Å². The third-order valence-electron chi connectivity index (χ3n) is 10.8. The summed E-state index contributed by atoms with van der Waals surface area (Å²) in [5, 5.41) is 7.34. The molecule has 0 radical (unpaired) electrons. The summed E-state index contributed by atoms with van der Waals surface area (Å²) in [6.45, 7) is 0. The molecule has 2 heterocycles. The molecule has 0 saturated heterocycles. The molecule has 0 aliphatic rings. The van der Waals surface area contributed by atoms with Crippen LogP contribution < -0.4 is 4.90 Å². The lowest BCUT2D eigenvalue weighted by Crippen LogP contribution is -2.11. The maximum absolute atomic E-state index is 6.32. The molecule has 0 unspecified atom stereocenters. The standard InChI is InChI=1S/C52H33NOS/c1-2-13-35-30-39(27-26-34(35)12-1)42-18-3-6-22-47(42)53(40-16-9-14-36(31-40)37-28-29-45-44-19-4-7-23-48(44)54-49(45)33-37)41-17-10-15-38(32-41)43-21-11-25-51-52(43)46-20-5-8-24-50(46)55-51/h1-33H.